The molecule has 0 aromatic heterocycles. The number of aliphatic hydroxyl groups is 1. The fourth-order valence-electron chi connectivity index (χ4n) is 1.66. The normalized spacial score (nSPS) is 15.0. The Bertz CT molecular complexity index is 370. The van der Waals surface area contributed by atoms with Gasteiger partial charge in [0.1, 0.15) is 0 Å². The molecule has 0 unspecified atom stereocenters. The molecule has 0 fully saturated rings. The number of nitrogens with two attached hydrogens (primary N) is 1. The van der Waals surface area contributed by atoms with E-state index >= 15 is 0 Å². The van der Waals surface area contributed by atoms with Crippen LogP contribution in [0.2, 0.25) is 5.02 Å². The molecule has 2 nitrogen and oxygen atoms in total. The number of hydrogen-bond acceptors (Lipinski definition) is 2. The zero-order chi connectivity index (χ0) is 13.0. The van der Waals surface area contributed by atoms with Crippen molar-refractivity contribution in [3.8, 4) is 0 Å². The number of benzene rings is 1. The predicted molar refractivity (Wildman–Crippen MR) is 76.2 cm³/mol. The maximum atomic E-state index is 10.0. The lowest BCUT2D eigenvalue weighted by Gasteiger charge is -2.21. The van der Waals surface area contributed by atoms with Crippen molar-refractivity contribution in [2.45, 2.75) is 38.8 Å². The molecule has 1 rings (SSSR count). The molecule has 0 aliphatic carbocycles. The highest BCUT2D eigenvalue weighted by atomic mass is 79.9. The molecule has 1 aromatic rings. The summed E-state index contributed by atoms with van der Waals surface area (Å²) in [5.41, 5.74) is 6.83. The highest BCUT2D eigenvalue weighted by Crippen LogP contribution is 2.28. The molecule has 1 aromatic carbocycles. The number of aliphatic hydroxyl groups excluding tert-OH is 1. The summed E-state index contributed by atoms with van der Waals surface area (Å²) >= 11 is 9.47. The van der Waals surface area contributed by atoms with E-state index in [1.54, 1.807) is 6.07 Å². The van der Waals surface area contributed by atoms with Crippen LogP contribution in [0.15, 0.2) is 22.7 Å². The van der Waals surface area contributed by atoms with Gasteiger partial charge in [-0.2, -0.15) is 0 Å². The topological polar surface area (TPSA) is 46.2 Å². The highest BCUT2D eigenvalue weighted by Gasteiger charge is 2.19. The van der Waals surface area contributed by atoms with Crippen LogP contribution in [0, 0.1) is 5.92 Å². The Morgan fingerprint density at radius 1 is 1.35 bits per heavy atom. The standard InChI is InChI=1S/C13H19BrClNO/c1-8(2)3-6-12(17)13(16)10-7-9(14)4-5-11(10)15/h4-5,7-8,12-13,17H,3,6,16H2,1-2H3/t12-,13+/m0/s1. The van der Waals surface area contributed by atoms with Crippen LogP contribution in [0.3, 0.4) is 0 Å². The van der Waals surface area contributed by atoms with E-state index in [9.17, 15) is 5.11 Å². The second-order valence-corrected chi connectivity index (χ2v) is 6.05. The van der Waals surface area contributed by atoms with Gasteiger partial charge >= 0.3 is 0 Å². The Morgan fingerprint density at radius 3 is 2.59 bits per heavy atom. The molecule has 17 heavy (non-hydrogen) atoms. The Hall–Kier alpha value is -0.0900. The van der Waals surface area contributed by atoms with Crippen LogP contribution in [0.1, 0.15) is 38.3 Å². The summed E-state index contributed by atoms with van der Waals surface area (Å²) in [6.45, 7) is 4.26. The van der Waals surface area contributed by atoms with Crippen molar-refractivity contribution >= 4 is 27.5 Å². The summed E-state index contributed by atoms with van der Waals surface area (Å²) in [6.07, 6.45) is 1.10. The SMILES string of the molecule is CC(C)CC[C@H](O)[C@H](N)c1cc(Br)ccc1Cl. The lowest BCUT2D eigenvalue weighted by molar-refractivity contribution is 0.128. The van der Waals surface area contributed by atoms with E-state index in [0.29, 0.717) is 17.4 Å². The van der Waals surface area contributed by atoms with Crippen molar-refractivity contribution in [1.82, 2.24) is 0 Å². The minimum atomic E-state index is -0.552. The van der Waals surface area contributed by atoms with E-state index in [1.165, 1.54) is 0 Å². The smallest absolute Gasteiger partial charge is 0.0733 e. The van der Waals surface area contributed by atoms with E-state index in [0.717, 1.165) is 16.5 Å². The zero-order valence-corrected chi connectivity index (χ0v) is 12.5. The predicted octanol–water partition coefficient (Wildman–Crippen LogP) is 3.90. The van der Waals surface area contributed by atoms with Gasteiger partial charge in [-0.15, -0.1) is 0 Å². The molecule has 0 saturated carbocycles. The van der Waals surface area contributed by atoms with Gasteiger partial charge < -0.3 is 10.8 Å². The van der Waals surface area contributed by atoms with Gasteiger partial charge in [0.2, 0.25) is 0 Å². The minimum Gasteiger partial charge on any atom is -0.391 e. The first kappa shape index (κ1) is 15.0. The largest absolute Gasteiger partial charge is 0.391 e. The van der Waals surface area contributed by atoms with Gasteiger partial charge in [-0.1, -0.05) is 41.4 Å². The summed E-state index contributed by atoms with van der Waals surface area (Å²) in [7, 11) is 0. The van der Waals surface area contributed by atoms with Crippen molar-refractivity contribution in [3.63, 3.8) is 0 Å². The molecule has 0 radical (unpaired) electrons. The third kappa shape index (κ3) is 4.59. The summed E-state index contributed by atoms with van der Waals surface area (Å²) in [6, 6.07) is 5.08. The summed E-state index contributed by atoms with van der Waals surface area (Å²) < 4.78 is 0.920. The molecule has 0 bridgehead atoms. The van der Waals surface area contributed by atoms with Gasteiger partial charge in [0.05, 0.1) is 12.1 Å². The lowest BCUT2D eigenvalue weighted by Crippen LogP contribution is -2.26. The van der Waals surface area contributed by atoms with Gasteiger partial charge in [0.15, 0.2) is 0 Å². The first-order chi connectivity index (χ1) is 7.91. The molecule has 0 spiro atoms. The minimum absolute atomic E-state index is 0.432. The third-order valence-electron chi connectivity index (χ3n) is 2.77. The van der Waals surface area contributed by atoms with Crippen LogP contribution in [0.5, 0.6) is 0 Å². The van der Waals surface area contributed by atoms with E-state index in [2.05, 4.69) is 29.8 Å². The molecule has 3 N–H and O–H groups in total. The molecule has 2 atom stereocenters. The quantitative estimate of drug-likeness (QED) is 0.864. The fourth-order valence-corrected chi connectivity index (χ4v) is 2.28. The average Bonchev–Trinajstić information content (AvgIpc) is 2.28. The van der Waals surface area contributed by atoms with E-state index in [1.807, 2.05) is 12.1 Å². The van der Waals surface area contributed by atoms with Gasteiger partial charge in [0.25, 0.3) is 0 Å². The van der Waals surface area contributed by atoms with Crippen molar-refractivity contribution in [2.24, 2.45) is 11.7 Å². The first-order valence-electron chi connectivity index (χ1n) is 5.80. The average molecular weight is 321 g/mol. The molecule has 0 amide bonds. The number of hydrogen-bond donors (Lipinski definition) is 2. The van der Waals surface area contributed by atoms with Gasteiger partial charge in [-0.05, 0) is 42.5 Å². The van der Waals surface area contributed by atoms with Crippen molar-refractivity contribution in [3.05, 3.63) is 33.3 Å². The Labute approximate surface area is 116 Å². The Morgan fingerprint density at radius 2 is 2.00 bits per heavy atom. The number of halogens is 2. The summed E-state index contributed by atoms with van der Waals surface area (Å²) in [5, 5.41) is 10.6. The van der Waals surface area contributed by atoms with Gasteiger partial charge in [-0.3, -0.25) is 0 Å². The molecule has 0 aliphatic rings. The fraction of sp³-hybridized carbons (Fsp3) is 0.538. The van der Waals surface area contributed by atoms with Crippen molar-refractivity contribution < 1.29 is 5.11 Å². The molecule has 0 heterocycles. The van der Waals surface area contributed by atoms with Gasteiger partial charge in [-0.25, -0.2) is 0 Å². The lowest BCUT2D eigenvalue weighted by atomic mass is 9.96. The number of rotatable bonds is 5. The highest BCUT2D eigenvalue weighted by molar-refractivity contribution is 9.10. The van der Waals surface area contributed by atoms with Crippen LogP contribution >= 0.6 is 27.5 Å². The first-order valence-corrected chi connectivity index (χ1v) is 6.97. The Balaban J connectivity index is 2.74. The maximum absolute atomic E-state index is 10.0. The van der Waals surface area contributed by atoms with Crippen LogP contribution in [-0.4, -0.2) is 11.2 Å². The third-order valence-corrected chi connectivity index (χ3v) is 3.61. The van der Waals surface area contributed by atoms with Crippen molar-refractivity contribution in [2.75, 3.05) is 0 Å². The molecular weight excluding hydrogens is 302 g/mol. The monoisotopic (exact) mass is 319 g/mol. The Kier molecular flexibility index (Phi) is 5.93. The molecular formula is C13H19BrClNO. The van der Waals surface area contributed by atoms with E-state index < -0.39 is 12.1 Å². The van der Waals surface area contributed by atoms with Gasteiger partial charge in [0, 0.05) is 9.50 Å². The van der Waals surface area contributed by atoms with Crippen molar-refractivity contribution in [1.29, 1.82) is 0 Å². The van der Waals surface area contributed by atoms with Crippen LogP contribution < -0.4 is 5.73 Å². The second kappa shape index (κ2) is 6.74. The van der Waals surface area contributed by atoms with Crippen LogP contribution in [0.25, 0.3) is 0 Å². The second-order valence-electron chi connectivity index (χ2n) is 4.73. The molecule has 0 aliphatic heterocycles. The van der Waals surface area contributed by atoms with E-state index in [4.69, 9.17) is 17.3 Å². The van der Waals surface area contributed by atoms with E-state index in [-0.39, 0.29) is 0 Å². The summed E-state index contributed by atoms with van der Waals surface area (Å²) in [5.74, 6) is 0.565. The summed E-state index contributed by atoms with van der Waals surface area (Å²) in [4.78, 5) is 0. The molecule has 96 valence electrons. The molecule has 4 heteroatoms. The van der Waals surface area contributed by atoms with Crippen LogP contribution in [0.4, 0.5) is 0 Å². The molecule has 0 saturated heterocycles. The maximum Gasteiger partial charge on any atom is 0.0733 e. The zero-order valence-electron chi connectivity index (χ0n) is 10.2. The van der Waals surface area contributed by atoms with Crippen LogP contribution in [-0.2, 0) is 0 Å².